The zero-order chi connectivity index (χ0) is 20.5. The molecule has 2 aromatic carbocycles. The van der Waals surface area contributed by atoms with E-state index in [1.54, 1.807) is 23.0 Å². The summed E-state index contributed by atoms with van der Waals surface area (Å²) in [6, 6.07) is 11.4. The third kappa shape index (κ3) is 3.86. The molecule has 0 unspecified atom stereocenters. The van der Waals surface area contributed by atoms with E-state index in [0.29, 0.717) is 5.69 Å². The van der Waals surface area contributed by atoms with Crippen molar-refractivity contribution in [3.8, 4) is 5.69 Å². The van der Waals surface area contributed by atoms with Gasteiger partial charge in [0.2, 0.25) is 0 Å². The van der Waals surface area contributed by atoms with Crippen molar-refractivity contribution in [3.63, 3.8) is 0 Å². The van der Waals surface area contributed by atoms with Crippen LogP contribution in [-0.4, -0.2) is 41.4 Å². The Bertz CT molecular complexity index is 1100. The number of aromatic nitrogens is 3. The van der Waals surface area contributed by atoms with Gasteiger partial charge < -0.3 is 4.90 Å². The average molecular weight is 401 g/mol. The van der Waals surface area contributed by atoms with E-state index in [0.717, 1.165) is 23.6 Å². The first-order valence-corrected chi connectivity index (χ1v) is 10.2. The van der Waals surface area contributed by atoms with Gasteiger partial charge in [0.25, 0.3) is 5.69 Å². The van der Waals surface area contributed by atoms with Crippen molar-refractivity contribution in [2.45, 2.75) is 17.9 Å². The number of hydrogen-bond acceptors (Lipinski definition) is 7. The Labute approximate surface area is 162 Å². The Morgan fingerprint density at radius 3 is 2.39 bits per heavy atom. The van der Waals surface area contributed by atoms with Crippen LogP contribution in [0, 0.1) is 10.1 Å². The summed E-state index contributed by atoms with van der Waals surface area (Å²) in [6.45, 7) is 1.92. The third-order valence-corrected chi connectivity index (χ3v) is 5.70. The number of benzene rings is 2. The number of nitro benzene ring substituents is 1. The van der Waals surface area contributed by atoms with Crippen LogP contribution in [0.1, 0.15) is 18.5 Å². The minimum Gasteiger partial charge on any atom is -0.362 e. The highest BCUT2D eigenvalue weighted by molar-refractivity contribution is 7.90. The van der Waals surface area contributed by atoms with Gasteiger partial charge in [-0.25, -0.2) is 18.1 Å². The van der Waals surface area contributed by atoms with E-state index in [-0.39, 0.29) is 16.6 Å². The van der Waals surface area contributed by atoms with Crippen molar-refractivity contribution >= 4 is 21.2 Å². The predicted octanol–water partition coefficient (Wildman–Crippen LogP) is 2.78. The number of rotatable bonds is 6. The topological polar surface area (TPSA) is 111 Å². The standard InChI is InChI=1S/C18H19N5O4S/c1-13(14-4-6-15(7-5-14)22-12-19-11-20-22)21(2)17-9-8-16(28(3,26)27)10-18(17)23(24)25/h4-13H,1-3H3/t13-/m0/s1. The summed E-state index contributed by atoms with van der Waals surface area (Å²) in [5.74, 6) is 0. The highest BCUT2D eigenvalue weighted by atomic mass is 32.2. The van der Waals surface area contributed by atoms with Crippen molar-refractivity contribution in [1.82, 2.24) is 14.8 Å². The second-order valence-corrected chi connectivity index (χ2v) is 8.41. The molecule has 0 amide bonds. The fourth-order valence-corrected chi connectivity index (χ4v) is 3.50. The molecule has 0 aliphatic heterocycles. The van der Waals surface area contributed by atoms with E-state index in [4.69, 9.17) is 0 Å². The first kappa shape index (κ1) is 19.5. The maximum Gasteiger partial charge on any atom is 0.293 e. The fourth-order valence-electron chi connectivity index (χ4n) is 2.86. The molecule has 1 atom stereocenters. The van der Waals surface area contributed by atoms with Crippen LogP contribution in [0.2, 0.25) is 0 Å². The van der Waals surface area contributed by atoms with Crippen LogP contribution in [0.3, 0.4) is 0 Å². The molecule has 0 N–H and O–H groups in total. The van der Waals surface area contributed by atoms with Gasteiger partial charge in [-0.15, -0.1) is 0 Å². The van der Waals surface area contributed by atoms with Gasteiger partial charge in [0.1, 0.15) is 18.3 Å². The molecular weight excluding hydrogens is 382 g/mol. The van der Waals surface area contributed by atoms with Crippen molar-refractivity contribution in [1.29, 1.82) is 0 Å². The third-order valence-electron chi connectivity index (χ3n) is 4.59. The molecule has 0 spiro atoms. The van der Waals surface area contributed by atoms with E-state index in [9.17, 15) is 18.5 Å². The van der Waals surface area contributed by atoms with Crippen LogP contribution < -0.4 is 4.90 Å². The Morgan fingerprint density at radius 2 is 1.86 bits per heavy atom. The largest absolute Gasteiger partial charge is 0.362 e. The molecule has 0 aliphatic rings. The molecule has 0 radical (unpaired) electrons. The van der Waals surface area contributed by atoms with Crippen molar-refractivity contribution in [2.24, 2.45) is 0 Å². The summed E-state index contributed by atoms with van der Waals surface area (Å²) in [5.41, 5.74) is 1.87. The molecule has 0 bridgehead atoms. The van der Waals surface area contributed by atoms with Gasteiger partial charge >= 0.3 is 0 Å². The lowest BCUT2D eigenvalue weighted by Crippen LogP contribution is -2.22. The van der Waals surface area contributed by atoms with E-state index in [2.05, 4.69) is 10.1 Å². The van der Waals surface area contributed by atoms with Gasteiger partial charge in [-0.3, -0.25) is 10.1 Å². The highest BCUT2D eigenvalue weighted by Crippen LogP contribution is 2.34. The number of nitrogens with zero attached hydrogens (tertiary/aromatic N) is 5. The molecule has 9 nitrogen and oxygen atoms in total. The molecule has 28 heavy (non-hydrogen) atoms. The Hall–Kier alpha value is -3.27. The fraction of sp³-hybridized carbons (Fsp3) is 0.222. The Kier molecular flexibility index (Phi) is 5.14. The van der Waals surface area contributed by atoms with E-state index >= 15 is 0 Å². The normalized spacial score (nSPS) is 12.5. The molecule has 1 heterocycles. The SMILES string of the molecule is C[C@@H](c1ccc(-n2cncn2)cc1)N(C)c1ccc(S(C)(=O)=O)cc1[N+](=O)[O-]. The number of hydrogen-bond donors (Lipinski definition) is 0. The lowest BCUT2D eigenvalue weighted by atomic mass is 10.1. The minimum atomic E-state index is -3.54. The second-order valence-electron chi connectivity index (χ2n) is 6.40. The summed E-state index contributed by atoms with van der Waals surface area (Å²) in [6.07, 6.45) is 4.07. The molecule has 0 aliphatic carbocycles. The van der Waals surface area contributed by atoms with Gasteiger partial charge in [-0.05, 0) is 36.8 Å². The zero-order valence-electron chi connectivity index (χ0n) is 15.6. The zero-order valence-corrected chi connectivity index (χ0v) is 16.4. The second kappa shape index (κ2) is 7.39. The first-order chi connectivity index (χ1) is 13.2. The van der Waals surface area contributed by atoms with Gasteiger partial charge in [-0.2, -0.15) is 5.10 Å². The number of sulfone groups is 1. The van der Waals surface area contributed by atoms with Crippen LogP contribution in [0.25, 0.3) is 5.69 Å². The molecule has 146 valence electrons. The van der Waals surface area contributed by atoms with Gasteiger partial charge in [0.05, 0.1) is 21.5 Å². The lowest BCUT2D eigenvalue weighted by molar-refractivity contribution is -0.384. The molecule has 1 aromatic heterocycles. The van der Waals surface area contributed by atoms with Gasteiger partial charge in [0.15, 0.2) is 9.84 Å². The van der Waals surface area contributed by atoms with Gasteiger partial charge in [0, 0.05) is 19.4 Å². The van der Waals surface area contributed by atoms with Crippen LogP contribution >= 0.6 is 0 Å². The molecule has 3 rings (SSSR count). The summed E-state index contributed by atoms with van der Waals surface area (Å²) in [5, 5.41) is 15.6. The van der Waals surface area contributed by atoms with Gasteiger partial charge in [-0.1, -0.05) is 12.1 Å². The van der Waals surface area contributed by atoms with Crippen molar-refractivity contribution in [3.05, 3.63) is 70.8 Å². The summed E-state index contributed by atoms with van der Waals surface area (Å²) in [4.78, 5) is 16.5. The average Bonchev–Trinajstić information content (AvgIpc) is 3.20. The quantitative estimate of drug-likeness (QED) is 0.461. The minimum absolute atomic E-state index is 0.0822. The van der Waals surface area contributed by atoms with Crippen LogP contribution in [0.4, 0.5) is 11.4 Å². The van der Waals surface area contributed by atoms with E-state index in [1.165, 1.54) is 18.5 Å². The van der Waals surface area contributed by atoms with Crippen LogP contribution in [-0.2, 0) is 9.84 Å². The van der Waals surface area contributed by atoms with E-state index in [1.807, 2.05) is 31.2 Å². The van der Waals surface area contributed by atoms with Crippen LogP contribution in [0.5, 0.6) is 0 Å². The Morgan fingerprint density at radius 1 is 1.18 bits per heavy atom. The van der Waals surface area contributed by atoms with E-state index < -0.39 is 14.8 Å². The summed E-state index contributed by atoms with van der Waals surface area (Å²) in [7, 11) is -1.80. The van der Waals surface area contributed by atoms with Crippen molar-refractivity contribution in [2.75, 3.05) is 18.2 Å². The number of anilines is 1. The summed E-state index contributed by atoms with van der Waals surface area (Å²) >= 11 is 0. The lowest BCUT2D eigenvalue weighted by Gasteiger charge is -2.27. The molecule has 0 saturated carbocycles. The maximum absolute atomic E-state index is 11.7. The highest BCUT2D eigenvalue weighted by Gasteiger charge is 2.24. The maximum atomic E-state index is 11.7. The molecular formula is C18H19N5O4S. The summed E-state index contributed by atoms with van der Waals surface area (Å²) < 4.78 is 25.1. The molecule has 10 heteroatoms. The molecule has 0 fully saturated rings. The molecule has 3 aromatic rings. The molecule has 0 saturated heterocycles. The first-order valence-electron chi connectivity index (χ1n) is 8.35. The van der Waals surface area contributed by atoms with Crippen molar-refractivity contribution < 1.29 is 13.3 Å². The predicted molar refractivity (Wildman–Crippen MR) is 104 cm³/mol. The monoisotopic (exact) mass is 401 g/mol. The smallest absolute Gasteiger partial charge is 0.293 e. The Balaban J connectivity index is 1.92. The number of nitro groups is 1. The van der Waals surface area contributed by atoms with Crippen LogP contribution in [0.15, 0.2) is 60.0 Å².